The molecule has 0 saturated carbocycles. The number of halogens is 1. The lowest BCUT2D eigenvalue weighted by Gasteiger charge is -2.08. The first-order valence-electron chi connectivity index (χ1n) is 4.38. The maximum Gasteiger partial charge on any atom is 0.304 e. The smallest absolute Gasteiger partial charge is 0.304 e. The first-order chi connectivity index (χ1) is 7.00. The second-order valence-corrected chi connectivity index (χ2v) is 5.47. The summed E-state index contributed by atoms with van der Waals surface area (Å²) >= 11 is 5.69. The molecule has 1 N–H and O–H groups in total. The highest BCUT2D eigenvalue weighted by molar-refractivity contribution is 7.85. The maximum absolute atomic E-state index is 11.8. The molecule has 0 aliphatic rings. The van der Waals surface area contributed by atoms with Gasteiger partial charge in [0, 0.05) is 15.2 Å². The van der Waals surface area contributed by atoms with Crippen molar-refractivity contribution >= 4 is 28.4 Å². The Bertz CT molecular complexity index is 375. The van der Waals surface area contributed by atoms with Crippen molar-refractivity contribution in [1.29, 1.82) is 0 Å². The van der Waals surface area contributed by atoms with Crippen molar-refractivity contribution in [3.8, 4) is 0 Å². The topological polar surface area (TPSA) is 54.4 Å². The van der Waals surface area contributed by atoms with Gasteiger partial charge in [-0.15, -0.1) is 0 Å². The van der Waals surface area contributed by atoms with E-state index >= 15 is 0 Å². The van der Waals surface area contributed by atoms with Gasteiger partial charge in [0.15, 0.2) is 0 Å². The van der Waals surface area contributed by atoms with E-state index < -0.39 is 22.0 Å². The molecule has 15 heavy (non-hydrogen) atoms. The second kappa shape index (κ2) is 5.28. The summed E-state index contributed by atoms with van der Waals surface area (Å²) in [5.41, 5.74) is 0. The van der Waals surface area contributed by atoms with Crippen molar-refractivity contribution in [3.05, 3.63) is 29.3 Å². The number of carbonyl (C=O) groups is 1. The van der Waals surface area contributed by atoms with Crippen LogP contribution in [-0.2, 0) is 15.6 Å². The van der Waals surface area contributed by atoms with E-state index in [2.05, 4.69) is 0 Å². The van der Waals surface area contributed by atoms with Gasteiger partial charge in [0.1, 0.15) is 0 Å². The average Bonchev–Trinajstić information content (AvgIpc) is 2.17. The molecule has 2 unspecified atom stereocenters. The van der Waals surface area contributed by atoms with E-state index in [0.717, 1.165) is 0 Å². The monoisotopic (exact) mass is 246 g/mol. The molecule has 0 aliphatic carbocycles. The zero-order valence-corrected chi connectivity index (χ0v) is 9.72. The van der Waals surface area contributed by atoms with Gasteiger partial charge in [-0.3, -0.25) is 9.00 Å². The number of hydrogen-bond acceptors (Lipinski definition) is 2. The Morgan fingerprint density at radius 3 is 2.47 bits per heavy atom. The van der Waals surface area contributed by atoms with Crippen molar-refractivity contribution in [2.45, 2.75) is 23.5 Å². The van der Waals surface area contributed by atoms with Crippen LogP contribution < -0.4 is 0 Å². The molecule has 0 aromatic heterocycles. The Hall–Kier alpha value is -0.870. The summed E-state index contributed by atoms with van der Waals surface area (Å²) in [7, 11) is -1.30. The van der Waals surface area contributed by atoms with Crippen molar-refractivity contribution < 1.29 is 14.1 Å². The fourth-order valence-electron chi connectivity index (χ4n) is 1.12. The summed E-state index contributed by atoms with van der Waals surface area (Å²) in [5, 5.41) is 8.74. The quantitative estimate of drug-likeness (QED) is 0.887. The van der Waals surface area contributed by atoms with Crippen molar-refractivity contribution in [2.75, 3.05) is 0 Å². The lowest BCUT2D eigenvalue weighted by atomic mass is 10.3. The third kappa shape index (κ3) is 3.64. The summed E-state index contributed by atoms with van der Waals surface area (Å²) < 4.78 is 11.8. The molecule has 1 aromatic rings. The Labute approximate surface area is 95.5 Å². The fraction of sp³-hybridized carbons (Fsp3) is 0.300. The van der Waals surface area contributed by atoms with E-state index in [4.69, 9.17) is 16.7 Å². The van der Waals surface area contributed by atoms with Gasteiger partial charge in [-0.05, 0) is 31.2 Å². The number of benzene rings is 1. The lowest BCUT2D eigenvalue weighted by molar-refractivity contribution is -0.136. The number of aliphatic carboxylic acids is 1. The van der Waals surface area contributed by atoms with Crippen LogP contribution in [0.4, 0.5) is 0 Å². The summed E-state index contributed by atoms with van der Waals surface area (Å²) in [6, 6.07) is 6.58. The molecule has 1 aromatic carbocycles. The molecule has 2 atom stereocenters. The largest absolute Gasteiger partial charge is 0.481 e. The number of hydrogen-bond donors (Lipinski definition) is 1. The van der Waals surface area contributed by atoms with Gasteiger partial charge in [-0.25, -0.2) is 0 Å². The minimum atomic E-state index is -1.30. The molecule has 3 nitrogen and oxygen atoms in total. The van der Waals surface area contributed by atoms with Gasteiger partial charge in [0.25, 0.3) is 0 Å². The van der Waals surface area contributed by atoms with Crippen LogP contribution in [0.1, 0.15) is 13.3 Å². The molecule has 0 heterocycles. The van der Waals surface area contributed by atoms with Crippen LogP contribution in [0.5, 0.6) is 0 Å². The molecular formula is C10H11ClO3S. The summed E-state index contributed by atoms with van der Waals surface area (Å²) in [5.74, 6) is -0.940. The standard InChI is InChI=1S/C10H11ClO3S/c1-7(6-10(12)13)15(14)9-4-2-8(11)3-5-9/h2-5,7H,6H2,1H3,(H,12,13). The van der Waals surface area contributed by atoms with E-state index in [-0.39, 0.29) is 6.42 Å². The first kappa shape index (κ1) is 12.2. The highest BCUT2D eigenvalue weighted by Gasteiger charge is 2.16. The molecule has 82 valence electrons. The van der Waals surface area contributed by atoms with Gasteiger partial charge >= 0.3 is 5.97 Å². The predicted octanol–water partition coefficient (Wildman–Crippen LogP) is 2.31. The molecule has 0 aliphatic heterocycles. The molecule has 1 rings (SSSR count). The van der Waals surface area contributed by atoms with Crippen LogP contribution in [0.2, 0.25) is 5.02 Å². The van der Waals surface area contributed by atoms with E-state index in [0.29, 0.717) is 9.92 Å². The zero-order chi connectivity index (χ0) is 11.4. The van der Waals surface area contributed by atoms with Crippen molar-refractivity contribution in [3.63, 3.8) is 0 Å². The Balaban J connectivity index is 2.76. The van der Waals surface area contributed by atoms with Crippen molar-refractivity contribution in [1.82, 2.24) is 0 Å². The number of carboxylic acids is 1. The molecule has 5 heteroatoms. The highest BCUT2D eigenvalue weighted by Crippen LogP contribution is 2.16. The second-order valence-electron chi connectivity index (χ2n) is 3.16. The van der Waals surface area contributed by atoms with Crippen LogP contribution in [0, 0.1) is 0 Å². The summed E-state index contributed by atoms with van der Waals surface area (Å²) in [6.07, 6.45) is -0.102. The molecule has 0 amide bonds. The van der Waals surface area contributed by atoms with E-state index in [1.807, 2.05) is 0 Å². The third-order valence-electron chi connectivity index (χ3n) is 1.87. The van der Waals surface area contributed by atoms with Crippen LogP contribution >= 0.6 is 11.6 Å². The van der Waals surface area contributed by atoms with Gasteiger partial charge in [-0.1, -0.05) is 11.6 Å². The third-order valence-corrected chi connectivity index (χ3v) is 3.76. The van der Waals surface area contributed by atoms with Crippen LogP contribution in [-0.4, -0.2) is 20.5 Å². The molecule has 0 spiro atoms. The number of rotatable bonds is 4. The van der Waals surface area contributed by atoms with Gasteiger partial charge in [0.05, 0.1) is 17.2 Å². The van der Waals surface area contributed by atoms with Crippen LogP contribution in [0.3, 0.4) is 0 Å². The minimum absolute atomic E-state index is 0.102. The SMILES string of the molecule is CC(CC(=O)O)S(=O)c1ccc(Cl)cc1. The van der Waals surface area contributed by atoms with Crippen molar-refractivity contribution in [2.24, 2.45) is 0 Å². The van der Waals surface area contributed by atoms with E-state index in [9.17, 15) is 9.00 Å². The predicted molar refractivity (Wildman–Crippen MR) is 59.6 cm³/mol. The zero-order valence-electron chi connectivity index (χ0n) is 8.14. The normalized spacial score (nSPS) is 14.5. The Kier molecular flexibility index (Phi) is 4.29. The Morgan fingerprint density at radius 1 is 1.47 bits per heavy atom. The van der Waals surface area contributed by atoms with Gasteiger partial charge in [-0.2, -0.15) is 0 Å². The number of carboxylic acid groups (broad SMARTS) is 1. The highest BCUT2D eigenvalue weighted by atomic mass is 35.5. The molecule has 0 radical (unpaired) electrons. The summed E-state index contributed by atoms with van der Waals surface area (Å²) in [6.45, 7) is 1.65. The lowest BCUT2D eigenvalue weighted by Crippen LogP contribution is -2.15. The van der Waals surface area contributed by atoms with Crippen LogP contribution in [0.25, 0.3) is 0 Å². The van der Waals surface area contributed by atoms with Crippen LogP contribution in [0.15, 0.2) is 29.2 Å². The summed E-state index contributed by atoms with van der Waals surface area (Å²) in [4.78, 5) is 11.0. The molecule has 0 bridgehead atoms. The molecule has 0 fully saturated rings. The maximum atomic E-state index is 11.8. The van der Waals surface area contributed by atoms with E-state index in [1.54, 1.807) is 31.2 Å². The minimum Gasteiger partial charge on any atom is -0.481 e. The fourth-order valence-corrected chi connectivity index (χ4v) is 2.41. The molecular weight excluding hydrogens is 236 g/mol. The first-order valence-corrected chi connectivity index (χ1v) is 5.97. The Morgan fingerprint density at radius 2 is 2.00 bits per heavy atom. The molecule has 0 saturated heterocycles. The average molecular weight is 247 g/mol. The van der Waals surface area contributed by atoms with E-state index in [1.165, 1.54) is 0 Å². The van der Waals surface area contributed by atoms with Gasteiger partial charge < -0.3 is 5.11 Å². The van der Waals surface area contributed by atoms with Gasteiger partial charge in [0.2, 0.25) is 0 Å².